The number of ether oxygens (including phenoxy) is 1. The molecule has 9 nitrogen and oxygen atoms in total. The number of primary amides is 1. The SMILES string of the molecule is NNc1cc(NCCOC(N)=O)nc(N)n1. The van der Waals surface area contributed by atoms with Gasteiger partial charge in [-0.15, -0.1) is 0 Å². The molecule has 0 aliphatic rings. The Morgan fingerprint density at radius 2 is 2.12 bits per heavy atom. The van der Waals surface area contributed by atoms with Crippen LogP contribution in [0.5, 0.6) is 0 Å². The summed E-state index contributed by atoms with van der Waals surface area (Å²) in [6, 6.07) is 1.56. The topological polar surface area (TPSA) is 154 Å². The maximum atomic E-state index is 10.3. The van der Waals surface area contributed by atoms with E-state index >= 15 is 0 Å². The first-order valence-corrected chi connectivity index (χ1v) is 4.39. The van der Waals surface area contributed by atoms with Crippen molar-refractivity contribution in [3.63, 3.8) is 0 Å². The molecule has 1 aromatic rings. The molecule has 1 aromatic heterocycles. The smallest absolute Gasteiger partial charge is 0.404 e. The average molecular weight is 227 g/mol. The fourth-order valence-electron chi connectivity index (χ4n) is 0.961. The third-order valence-electron chi connectivity index (χ3n) is 1.54. The fourth-order valence-corrected chi connectivity index (χ4v) is 0.961. The molecule has 1 amide bonds. The number of nitrogens with two attached hydrogens (primary N) is 3. The Bertz CT molecular complexity index is 370. The van der Waals surface area contributed by atoms with Crippen LogP contribution < -0.4 is 28.1 Å². The van der Waals surface area contributed by atoms with Crippen LogP contribution in [0.4, 0.5) is 22.4 Å². The highest BCUT2D eigenvalue weighted by Gasteiger charge is 2.01. The second kappa shape index (κ2) is 5.56. The number of nitrogen functional groups attached to an aromatic ring is 2. The number of aromatic nitrogens is 2. The van der Waals surface area contributed by atoms with Crippen LogP contribution in [0.2, 0.25) is 0 Å². The highest BCUT2D eigenvalue weighted by Crippen LogP contribution is 2.10. The van der Waals surface area contributed by atoms with Crippen molar-refractivity contribution in [2.75, 3.05) is 29.6 Å². The second-order valence-corrected chi connectivity index (χ2v) is 2.74. The van der Waals surface area contributed by atoms with E-state index in [1.54, 1.807) is 6.07 Å². The van der Waals surface area contributed by atoms with Gasteiger partial charge in [-0.25, -0.2) is 10.6 Å². The van der Waals surface area contributed by atoms with Crippen molar-refractivity contribution in [2.45, 2.75) is 0 Å². The highest BCUT2D eigenvalue weighted by atomic mass is 16.5. The van der Waals surface area contributed by atoms with E-state index in [1.165, 1.54) is 0 Å². The molecule has 0 unspecified atom stereocenters. The molecular weight excluding hydrogens is 214 g/mol. The molecule has 88 valence electrons. The first-order valence-electron chi connectivity index (χ1n) is 4.39. The minimum atomic E-state index is -0.826. The lowest BCUT2D eigenvalue weighted by atomic mass is 10.5. The average Bonchev–Trinajstić information content (AvgIpc) is 2.23. The lowest BCUT2D eigenvalue weighted by Gasteiger charge is -2.07. The molecule has 9 heteroatoms. The maximum absolute atomic E-state index is 10.3. The maximum Gasteiger partial charge on any atom is 0.404 e. The Labute approximate surface area is 91.3 Å². The van der Waals surface area contributed by atoms with Crippen LogP contribution in [0.15, 0.2) is 6.07 Å². The van der Waals surface area contributed by atoms with E-state index in [1.807, 2.05) is 0 Å². The van der Waals surface area contributed by atoms with Gasteiger partial charge in [0.15, 0.2) is 0 Å². The van der Waals surface area contributed by atoms with Crippen LogP contribution in [0.1, 0.15) is 0 Å². The number of hydrogen-bond acceptors (Lipinski definition) is 8. The molecule has 0 saturated heterocycles. The molecule has 0 aromatic carbocycles. The van der Waals surface area contributed by atoms with Crippen molar-refractivity contribution in [1.29, 1.82) is 0 Å². The Kier molecular flexibility index (Phi) is 4.09. The molecule has 0 fully saturated rings. The summed E-state index contributed by atoms with van der Waals surface area (Å²) in [6.07, 6.45) is -0.826. The van der Waals surface area contributed by atoms with Gasteiger partial charge in [-0.05, 0) is 0 Å². The van der Waals surface area contributed by atoms with Crippen molar-refractivity contribution in [3.05, 3.63) is 6.07 Å². The van der Waals surface area contributed by atoms with Gasteiger partial charge in [-0.2, -0.15) is 9.97 Å². The Morgan fingerprint density at radius 3 is 2.75 bits per heavy atom. The predicted molar refractivity (Wildman–Crippen MR) is 58.3 cm³/mol. The summed E-state index contributed by atoms with van der Waals surface area (Å²) in [5.41, 5.74) is 12.5. The van der Waals surface area contributed by atoms with Gasteiger partial charge in [0.2, 0.25) is 5.95 Å². The number of anilines is 3. The number of nitrogens with zero attached hydrogens (tertiary/aromatic N) is 2. The van der Waals surface area contributed by atoms with Gasteiger partial charge >= 0.3 is 6.09 Å². The third-order valence-corrected chi connectivity index (χ3v) is 1.54. The minimum absolute atomic E-state index is 0.0776. The van der Waals surface area contributed by atoms with E-state index < -0.39 is 6.09 Å². The van der Waals surface area contributed by atoms with Crippen molar-refractivity contribution < 1.29 is 9.53 Å². The zero-order valence-electron chi connectivity index (χ0n) is 8.43. The van der Waals surface area contributed by atoms with Gasteiger partial charge in [-0.3, -0.25) is 0 Å². The monoisotopic (exact) mass is 227 g/mol. The standard InChI is InChI=1S/C7H13N7O2/c8-6-12-4(3-5(13-6)14-10)11-1-2-16-7(9)15/h3H,1-2,10H2,(H2,9,15)(H4,8,11,12,13,14). The number of carbonyl (C=O) groups is 1. The Morgan fingerprint density at radius 1 is 1.44 bits per heavy atom. The van der Waals surface area contributed by atoms with Crippen LogP contribution in [0, 0.1) is 0 Å². The number of nitrogens with one attached hydrogen (secondary N) is 2. The molecule has 0 saturated carbocycles. The summed E-state index contributed by atoms with van der Waals surface area (Å²) in [5.74, 6) is 6.10. The molecule has 0 atom stereocenters. The zero-order chi connectivity index (χ0) is 12.0. The second-order valence-electron chi connectivity index (χ2n) is 2.74. The molecule has 0 aliphatic carbocycles. The molecule has 0 bridgehead atoms. The van der Waals surface area contributed by atoms with Crippen LogP contribution >= 0.6 is 0 Å². The van der Waals surface area contributed by atoms with Crippen LogP contribution in [0.25, 0.3) is 0 Å². The number of rotatable bonds is 5. The molecule has 0 spiro atoms. The van der Waals surface area contributed by atoms with Crippen molar-refractivity contribution in [1.82, 2.24) is 9.97 Å². The van der Waals surface area contributed by atoms with Crippen molar-refractivity contribution >= 4 is 23.7 Å². The zero-order valence-corrected chi connectivity index (χ0v) is 8.43. The summed E-state index contributed by atoms with van der Waals surface area (Å²) < 4.78 is 4.51. The minimum Gasteiger partial charge on any atom is -0.448 e. The predicted octanol–water partition coefficient (Wildman–Crippen LogP) is -1.15. The van der Waals surface area contributed by atoms with Gasteiger partial charge in [0.25, 0.3) is 0 Å². The summed E-state index contributed by atoms with van der Waals surface area (Å²) in [5, 5.41) is 2.86. The third kappa shape index (κ3) is 3.84. The number of hydrogen-bond donors (Lipinski definition) is 5. The first-order chi connectivity index (χ1) is 7.61. The van der Waals surface area contributed by atoms with Gasteiger partial charge in [0, 0.05) is 6.07 Å². The van der Waals surface area contributed by atoms with E-state index in [4.69, 9.17) is 17.3 Å². The molecule has 0 radical (unpaired) electrons. The van der Waals surface area contributed by atoms with Crippen LogP contribution in [0.3, 0.4) is 0 Å². The lowest BCUT2D eigenvalue weighted by molar-refractivity contribution is 0.161. The van der Waals surface area contributed by atoms with Crippen molar-refractivity contribution in [2.24, 2.45) is 11.6 Å². The normalized spacial score (nSPS) is 9.56. The number of hydrazine groups is 1. The Hall–Kier alpha value is -2.29. The number of amides is 1. The quantitative estimate of drug-likeness (QED) is 0.240. The van der Waals surface area contributed by atoms with Gasteiger partial charge in [0.1, 0.15) is 18.2 Å². The lowest BCUT2D eigenvalue weighted by Crippen LogP contribution is -2.19. The van der Waals surface area contributed by atoms with Crippen molar-refractivity contribution in [3.8, 4) is 0 Å². The summed E-state index contributed by atoms with van der Waals surface area (Å²) >= 11 is 0. The molecule has 16 heavy (non-hydrogen) atoms. The molecular formula is C7H13N7O2. The number of carbonyl (C=O) groups excluding carboxylic acids is 1. The fraction of sp³-hybridized carbons (Fsp3) is 0.286. The summed E-state index contributed by atoms with van der Waals surface area (Å²) in [7, 11) is 0. The molecule has 1 heterocycles. The molecule has 1 rings (SSSR count). The van der Waals surface area contributed by atoms with E-state index in [9.17, 15) is 4.79 Å². The molecule has 0 aliphatic heterocycles. The molecule has 8 N–H and O–H groups in total. The van der Waals surface area contributed by atoms with E-state index in [-0.39, 0.29) is 12.6 Å². The highest BCUT2D eigenvalue weighted by molar-refractivity contribution is 5.64. The van der Waals surface area contributed by atoms with E-state index in [0.29, 0.717) is 18.2 Å². The summed E-state index contributed by atoms with van der Waals surface area (Å²) in [4.78, 5) is 17.9. The van der Waals surface area contributed by atoms with Crippen LogP contribution in [-0.4, -0.2) is 29.2 Å². The van der Waals surface area contributed by atoms with Gasteiger partial charge in [-0.1, -0.05) is 0 Å². The van der Waals surface area contributed by atoms with Gasteiger partial charge < -0.3 is 26.9 Å². The van der Waals surface area contributed by atoms with Gasteiger partial charge in [0.05, 0.1) is 6.54 Å². The van der Waals surface area contributed by atoms with E-state index in [0.717, 1.165) is 0 Å². The first kappa shape index (κ1) is 11.8. The Balaban J connectivity index is 2.47. The summed E-state index contributed by atoms with van der Waals surface area (Å²) in [6.45, 7) is 0.480. The largest absolute Gasteiger partial charge is 0.448 e. The van der Waals surface area contributed by atoms with E-state index in [2.05, 4.69) is 25.4 Å². The van der Waals surface area contributed by atoms with Crippen LogP contribution in [-0.2, 0) is 4.74 Å².